The van der Waals surface area contributed by atoms with Gasteiger partial charge in [0.2, 0.25) is 0 Å². The van der Waals surface area contributed by atoms with Crippen molar-refractivity contribution in [2.45, 2.75) is 32.4 Å². The van der Waals surface area contributed by atoms with Crippen LogP contribution in [-0.2, 0) is 14.6 Å². The third-order valence-electron chi connectivity index (χ3n) is 5.25. The van der Waals surface area contributed by atoms with Gasteiger partial charge < -0.3 is 15.4 Å². The van der Waals surface area contributed by atoms with Gasteiger partial charge in [-0.25, -0.2) is 8.42 Å². The monoisotopic (exact) mass is 536 g/mol. The first kappa shape index (κ1) is 24.4. The number of rotatable bonds is 6. The van der Waals surface area contributed by atoms with Crippen LogP contribution in [0.2, 0.25) is 0 Å². The third-order valence-corrected chi connectivity index (χ3v) is 7.02. The van der Waals surface area contributed by atoms with Crippen molar-refractivity contribution >= 4 is 39.8 Å². The number of nitrogens with one attached hydrogen (secondary N) is 2. The molecule has 0 aliphatic carbocycles. The Kier molecular flexibility index (Phi) is 9.64. The van der Waals surface area contributed by atoms with E-state index in [-0.39, 0.29) is 47.6 Å². The Labute approximate surface area is 191 Å². The van der Waals surface area contributed by atoms with E-state index >= 15 is 0 Å². The summed E-state index contributed by atoms with van der Waals surface area (Å²) in [7, 11) is -2.92. The van der Waals surface area contributed by atoms with Crippen LogP contribution in [0.25, 0.3) is 0 Å². The number of aliphatic imine (C=N–C) groups is 1. The summed E-state index contributed by atoms with van der Waals surface area (Å²) in [5.74, 6) is 1.13. The lowest BCUT2D eigenvalue weighted by Crippen LogP contribution is -2.45. The van der Waals surface area contributed by atoms with Crippen molar-refractivity contribution in [2.75, 3.05) is 50.9 Å². The second-order valence-electron chi connectivity index (χ2n) is 7.54. The molecule has 2 heterocycles. The zero-order chi connectivity index (χ0) is 20.0. The van der Waals surface area contributed by atoms with E-state index in [1.165, 1.54) is 11.1 Å². The Hall–Kier alpha value is -0.910. The van der Waals surface area contributed by atoms with Crippen LogP contribution in [0.15, 0.2) is 29.3 Å². The SMILES string of the molecule is CCNC(=NCC(c1cccc(C)c1)N1CCOCC1)NC1CCS(=O)(=O)C1.I. The molecule has 2 fully saturated rings. The molecule has 7 nitrogen and oxygen atoms in total. The molecule has 2 unspecified atom stereocenters. The highest BCUT2D eigenvalue weighted by molar-refractivity contribution is 14.0. The van der Waals surface area contributed by atoms with Gasteiger partial charge in [-0.1, -0.05) is 29.8 Å². The average Bonchev–Trinajstić information content (AvgIpc) is 3.01. The van der Waals surface area contributed by atoms with Gasteiger partial charge in [-0.3, -0.25) is 9.89 Å². The smallest absolute Gasteiger partial charge is 0.191 e. The fraction of sp³-hybridized carbons (Fsp3) is 0.650. The lowest BCUT2D eigenvalue weighted by Gasteiger charge is -2.34. The van der Waals surface area contributed by atoms with Crippen LogP contribution < -0.4 is 10.6 Å². The van der Waals surface area contributed by atoms with E-state index in [1.54, 1.807) is 0 Å². The number of halogens is 1. The Balaban J connectivity index is 0.00000300. The van der Waals surface area contributed by atoms with Gasteiger partial charge in [0.25, 0.3) is 0 Å². The van der Waals surface area contributed by atoms with Crippen LogP contribution in [0.3, 0.4) is 0 Å². The predicted octanol–water partition coefficient (Wildman–Crippen LogP) is 1.73. The lowest BCUT2D eigenvalue weighted by atomic mass is 10.0. The molecule has 0 spiro atoms. The molecule has 0 radical (unpaired) electrons. The molecule has 2 N–H and O–H groups in total. The van der Waals surface area contributed by atoms with Gasteiger partial charge in [-0.05, 0) is 25.8 Å². The molecular formula is C20H33IN4O3S. The normalized spacial score (nSPS) is 23.2. The molecule has 2 saturated heterocycles. The fourth-order valence-corrected chi connectivity index (χ4v) is 5.47. The minimum Gasteiger partial charge on any atom is -0.379 e. The van der Waals surface area contributed by atoms with Gasteiger partial charge in [-0.15, -0.1) is 24.0 Å². The molecule has 3 rings (SSSR count). The van der Waals surface area contributed by atoms with Crippen molar-refractivity contribution in [3.8, 4) is 0 Å². The summed E-state index contributed by atoms with van der Waals surface area (Å²) in [6, 6.07) is 8.69. The number of sulfone groups is 1. The molecule has 0 bridgehead atoms. The zero-order valence-corrected chi connectivity index (χ0v) is 20.4. The first-order valence-corrected chi connectivity index (χ1v) is 11.9. The van der Waals surface area contributed by atoms with Crippen molar-refractivity contribution in [1.29, 1.82) is 0 Å². The number of hydrogen-bond acceptors (Lipinski definition) is 5. The van der Waals surface area contributed by atoms with E-state index < -0.39 is 9.84 Å². The van der Waals surface area contributed by atoms with E-state index in [2.05, 4.69) is 46.7 Å². The maximum atomic E-state index is 11.8. The van der Waals surface area contributed by atoms with Gasteiger partial charge in [0, 0.05) is 25.7 Å². The van der Waals surface area contributed by atoms with E-state index in [9.17, 15) is 8.42 Å². The summed E-state index contributed by atoms with van der Waals surface area (Å²) < 4.78 is 29.0. The summed E-state index contributed by atoms with van der Waals surface area (Å²) in [6.07, 6.45) is 0.636. The Morgan fingerprint density at radius 2 is 2.10 bits per heavy atom. The molecule has 2 atom stereocenters. The Morgan fingerprint density at radius 1 is 1.34 bits per heavy atom. The molecule has 0 amide bonds. The molecular weight excluding hydrogens is 503 g/mol. The number of nitrogens with zero attached hydrogens (tertiary/aromatic N) is 2. The van der Waals surface area contributed by atoms with Crippen molar-refractivity contribution in [2.24, 2.45) is 4.99 Å². The molecule has 9 heteroatoms. The van der Waals surface area contributed by atoms with Gasteiger partial charge in [0.05, 0.1) is 37.3 Å². The van der Waals surface area contributed by atoms with Crippen LogP contribution >= 0.6 is 24.0 Å². The molecule has 2 aliphatic rings. The van der Waals surface area contributed by atoms with Crippen molar-refractivity contribution in [3.63, 3.8) is 0 Å². The van der Waals surface area contributed by atoms with Crippen LogP contribution in [0.1, 0.15) is 30.5 Å². The van der Waals surface area contributed by atoms with Crippen LogP contribution in [0, 0.1) is 6.92 Å². The molecule has 0 aromatic heterocycles. The number of morpholine rings is 1. The molecule has 0 saturated carbocycles. The van der Waals surface area contributed by atoms with Crippen LogP contribution in [-0.4, -0.2) is 76.2 Å². The van der Waals surface area contributed by atoms with Crippen molar-refractivity contribution in [3.05, 3.63) is 35.4 Å². The Bertz CT molecular complexity index is 782. The number of ether oxygens (including phenoxy) is 1. The quantitative estimate of drug-likeness (QED) is 0.328. The standard InChI is InChI=1S/C20H32N4O3S.HI/c1-3-21-20(23-18-7-12-28(25,26)15-18)22-14-19(24-8-10-27-11-9-24)17-6-4-5-16(2)13-17;/h4-6,13,18-19H,3,7-12,14-15H2,1-2H3,(H2,21,22,23);1H. The highest BCUT2D eigenvalue weighted by atomic mass is 127. The first-order valence-electron chi connectivity index (χ1n) is 10.1. The topological polar surface area (TPSA) is 83.0 Å². The van der Waals surface area contributed by atoms with Gasteiger partial charge >= 0.3 is 0 Å². The summed E-state index contributed by atoms with van der Waals surface area (Å²) in [6.45, 7) is 8.72. The highest BCUT2D eigenvalue weighted by Gasteiger charge is 2.28. The van der Waals surface area contributed by atoms with Crippen molar-refractivity contribution in [1.82, 2.24) is 15.5 Å². The summed E-state index contributed by atoms with van der Waals surface area (Å²) in [5, 5.41) is 6.57. The molecule has 1 aromatic carbocycles. The summed E-state index contributed by atoms with van der Waals surface area (Å²) in [5.41, 5.74) is 2.49. The molecule has 164 valence electrons. The number of aryl methyl sites for hydroxylation is 1. The molecule has 29 heavy (non-hydrogen) atoms. The second kappa shape index (κ2) is 11.5. The Morgan fingerprint density at radius 3 is 2.72 bits per heavy atom. The maximum absolute atomic E-state index is 11.8. The average molecular weight is 536 g/mol. The summed E-state index contributed by atoms with van der Waals surface area (Å²) in [4.78, 5) is 7.25. The van der Waals surface area contributed by atoms with Gasteiger partial charge in [0.15, 0.2) is 15.8 Å². The lowest BCUT2D eigenvalue weighted by molar-refractivity contribution is 0.0179. The minimum absolute atomic E-state index is 0. The van der Waals surface area contributed by atoms with E-state index in [1.807, 2.05) is 6.92 Å². The highest BCUT2D eigenvalue weighted by Crippen LogP contribution is 2.23. The van der Waals surface area contributed by atoms with Crippen LogP contribution in [0.5, 0.6) is 0 Å². The third kappa shape index (κ3) is 7.37. The second-order valence-corrected chi connectivity index (χ2v) is 9.77. The van der Waals surface area contributed by atoms with Crippen LogP contribution in [0.4, 0.5) is 0 Å². The largest absolute Gasteiger partial charge is 0.379 e. The van der Waals surface area contributed by atoms with Crippen molar-refractivity contribution < 1.29 is 13.2 Å². The number of hydrogen-bond donors (Lipinski definition) is 2. The summed E-state index contributed by atoms with van der Waals surface area (Å²) >= 11 is 0. The number of benzene rings is 1. The minimum atomic E-state index is -2.92. The maximum Gasteiger partial charge on any atom is 0.191 e. The molecule has 1 aromatic rings. The fourth-order valence-electron chi connectivity index (χ4n) is 3.80. The van der Waals surface area contributed by atoms with Gasteiger partial charge in [-0.2, -0.15) is 0 Å². The number of guanidine groups is 1. The zero-order valence-electron chi connectivity index (χ0n) is 17.3. The van der Waals surface area contributed by atoms with E-state index in [0.717, 1.165) is 32.8 Å². The molecule has 2 aliphatic heterocycles. The van der Waals surface area contributed by atoms with E-state index in [4.69, 9.17) is 9.73 Å². The predicted molar refractivity (Wildman–Crippen MR) is 128 cm³/mol. The first-order chi connectivity index (χ1) is 13.5. The van der Waals surface area contributed by atoms with E-state index in [0.29, 0.717) is 18.9 Å². The van der Waals surface area contributed by atoms with Gasteiger partial charge in [0.1, 0.15) is 0 Å².